The molecule has 0 N–H and O–H groups in total. The van der Waals surface area contributed by atoms with E-state index in [-0.39, 0.29) is 11.9 Å². The Labute approximate surface area is 150 Å². The third-order valence-corrected chi connectivity index (χ3v) is 5.01. The standard InChI is InChI=1S/C21H26N2O2/c1-22(21(24)19-10-6-7-11-20(19)25-2)18-12-14-23(15-13-18)16-17-8-4-3-5-9-17/h3-11,18H,12-16H2,1-2H3. The molecule has 3 rings (SSSR count). The van der Waals surface area contributed by atoms with Gasteiger partial charge in [0.1, 0.15) is 5.75 Å². The van der Waals surface area contributed by atoms with Gasteiger partial charge in [-0.1, -0.05) is 42.5 Å². The Kier molecular flexibility index (Phi) is 5.71. The number of amides is 1. The molecule has 2 aromatic carbocycles. The van der Waals surface area contributed by atoms with Gasteiger partial charge in [-0.3, -0.25) is 9.69 Å². The Bertz CT molecular complexity index is 694. The molecule has 0 radical (unpaired) electrons. The Morgan fingerprint density at radius 2 is 1.72 bits per heavy atom. The van der Waals surface area contributed by atoms with E-state index < -0.39 is 0 Å². The molecule has 0 saturated carbocycles. The number of piperidine rings is 1. The first-order valence-corrected chi connectivity index (χ1v) is 8.85. The number of likely N-dealkylation sites (tertiary alicyclic amines) is 1. The summed E-state index contributed by atoms with van der Waals surface area (Å²) in [5.41, 5.74) is 1.98. The van der Waals surface area contributed by atoms with Gasteiger partial charge in [0.25, 0.3) is 5.91 Å². The first-order valence-electron chi connectivity index (χ1n) is 8.85. The van der Waals surface area contributed by atoms with Crippen LogP contribution in [0.15, 0.2) is 54.6 Å². The van der Waals surface area contributed by atoms with Crippen molar-refractivity contribution in [3.8, 4) is 5.75 Å². The van der Waals surface area contributed by atoms with Crippen LogP contribution in [0.1, 0.15) is 28.8 Å². The zero-order valence-electron chi connectivity index (χ0n) is 15.0. The third kappa shape index (κ3) is 4.20. The van der Waals surface area contributed by atoms with Crippen LogP contribution in [0.5, 0.6) is 5.75 Å². The average Bonchev–Trinajstić information content (AvgIpc) is 2.68. The molecule has 0 spiro atoms. The Hall–Kier alpha value is -2.33. The van der Waals surface area contributed by atoms with Crippen molar-refractivity contribution in [2.75, 3.05) is 27.2 Å². The molecule has 1 aliphatic rings. The molecular formula is C21H26N2O2. The zero-order chi connectivity index (χ0) is 17.6. The fraction of sp³-hybridized carbons (Fsp3) is 0.381. The summed E-state index contributed by atoms with van der Waals surface area (Å²) in [6.45, 7) is 3.02. The second-order valence-corrected chi connectivity index (χ2v) is 6.61. The number of rotatable bonds is 5. The van der Waals surface area contributed by atoms with Crippen LogP contribution in [-0.2, 0) is 6.54 Å². The normalized spacial score (nSPS) is 15.8. The van der Waals surface area contributed by atoms with E-state index in [9.17, 15) is 4.79 Å². The van der Waals surface area contributed by atoms with Crippen LogP contribution >= 0.6 is 0 Å². The fourth-order valence-electron chi connectivity index (χ4n) is 3.48. The van der Waals surface area contributed by atoms with Crippen molar-refractivity contribution in [3.05, 3.63) is 65.7 Å². The summed E-state index contributed by atoms with van der Waals surface area (Å²) in [5, 5.41) is 0. The van der Waals surface area contributed by atoms with Gasteiger partial charge in [-0.05, 0) is 30.5 Å². The molecule has 0 unspecified atom stereocenters. The number of methoxy groups -OCH3 is 1. The first kappa shape index (κ1) is 17.5. The van der Waals surface area contributed by atoms with Crippen LogP contribution in [0, 0.1) is 0 Å². The van der Waals surface area contributed by atoms with Crippen LogP contribution in [-0.4, -0.2) is 49.0 Å². The molecule has 0 aromatic heterocycles. The molecule has 4 nitrogen and oxygen atoms in total. The molecule has 0 aliphatic carbocycles. The average molecular weight is 338 g/mol. The summed E-state index contributed by atoms with van der Waals surface area (Å²) >= 11 is 0. The Morgan fingerprint density at radius 3 is 2.40 bits per heavy atom. The van der Waals surface area contributed by atoms with Gasteiger partial charge < -0.3 is 9.64 Å². The summed E-state index contributed by atoms with van der Waals surface area (Å²) in [5.74, 6) is 0.680. The number of hydrogen-bond acceptors (Lipinski definition) is 3. The monoisotopic (exact) mass is 338 g/mol. The van der Waals surface area contributed by atoms with Crippen LogP contribution in [0.4, 0.5) is 0 Å². The molecule has 1 amide bonds. The maximum Gasteiger partial charge on any atom is 0.257 e. The largest absolute Gasteiger partial charge is 0.496 e. The summed E-state index contributed by atoms with van der Waals surface area (Å²) in [6, 6.07) is 18.3. The van der Waals surface area contributed by atoms with Gasteiger partial charge in [0.15, 0.2) is 0 Å². The molecule has 1 heterocycles. The van der Waals surface area contributed by atoms with Crippen molar-refractivity contribution in [2.45, 2.75) is 25.4 Å². The molecule has 132 valence electrons. The quantitative estimate of drug-likeness (QED) is 0.837. The summed E-state index contributed by atoms with van der Waals surface area (Å²) in [6.07, 6.45) is 2.01. The van der Waals surface area contributed by atoms with Gasteiger partial charge in [-0.25, -0.2) is 0 Å². The number of hydrogen-bond donors (Lipinski definition) is 0. The topological polar surface area (TPSA) is 32.8 Å². The van der Waals surface area contributed by atoms with Crippen LogP contribution in [0.3, 0.4) is 0 Å². The van der Waals surface area contributed by atoms with E-state index in [4.69, 9.17) is 4.74 Å². The highest BCUT2D eigenvalue weighted by molar-refractivity contribution is 5.97. The summed E-state index contributed by atoms with van der Waals surface area (Å²) in [4.78, 5) is 17.2. The van der Waals surface area contributed by atoms with Crippen LogP contribution in [0.25, 0.3) is 0 Å². The number of nitrogens with zero attached hydrogens (tertiary/aromatic N) is 2. The minimum atomic E-state index is 0.0407. The van der Waals surface area contributed by atoms with Crippen molar-refractivity contribution < 1.29 is 9.53 Å². The molecule has 0 atom stereocenters. The molecule has 4 heteroatoms. The molecule has 1 saturated heterocycles. The van der Waals surface area contributed by atoms with Crippen molar-refractivity contribution in [1.82, 2.24) is 9.80 Å². The minimum absolute atomic E-state index is 0.0407. The lowest BCUT2D eigenvalue weighted by Crippen LogP contribution is -2.45. The highest BCUT2D eigenvalue weighted by Crippen LogP contribution is 2.23. The second kappa shape index (κ2) is 8.17. The van der Waals surface area contributed by atoms with Crippen molar-refractivity contribution in [3.63, 3.8) is 0 Å². The second-order valence-electron chi connectivity index (χ2n) is 6.61. The fourth-order valence-corrected chi connectivity index (χ4v) is 3.48. The van der Waals surface area contributed by atoms with Crippen molar-refractivity contribution in [2.24, 2.45) is 0 Å². The van der Waals surface area contributed by atoms with E-state index in [0.717, 1.165) is 32.5 Å². The Morgan fingerprint density at radius 1 is 1.08 bits per heavy atom. The smallest absolute Gasteiger partial charge is 0.257 e. The lowest BCUT2D eigenvalue weighted by atomic mass is 10.0. The SMILES string of the molecule is COc1ccccc1C(=O)N(C)C1CCN(Cc2ccccc2)CC1. The maximum atomic E-state index is 12.8. The van der Waals surface area contributed by atoms with E-state index >= 15 is 0 Å². The van der Waals surface area contributed by atoms with Gasteiger partial charge in [0.2, 0.25) is 0 Å². The number of benzene rings is 2. The van der Waals surface area contributed by atoms with Crippen LogP contribution in [0.2, 0.25) is 0 Å². The number of carbonyl (C=O) groups is 1. The molecular weight excluding hydrogens is 312 g/mol. The predicted molar refractivity (Wildman–Crippen MR) is 99.8 cm³/mol. The van der Waals surface area contributed by atoms with Gasteiger partial charge in [0, 0.05) is 32.7 Å². The zero-order valence-corrected chi connectivity index (χ0v) is 15.0. The number of carbonyl (C=O) groups excluding carboxylic acids is 1. The molecule has 1 aliphatic heterocycles. The first-order chi connectivity index (χ1) is 12.2. The number of ether oxygens (including phenoxy) is 1. The summed E-state index contributed by atoms with van der Waals surface area (Å²) in [7, 11) is 3.51. The highest BCUT2D eigenvalue weighted by atomic mass is 16.5. The van der Waals surface area contributed by atoms with Gasteiger partial charge in [0.05, 0.1) is 12.7 Å². The van der Waals surface area contributed by atoms with Crippen molar-refractivity contribution >= 4 is 5.91 Å². The van der Waals surface area contributed by atoms with E-state index in [2.05, 4.69) is 29.2 Å². The van der Waals surface area contributed by atoms with Gasteiger partial charge in [-0.15, -0.1) is 0 Å². The summed E-state index contributed by atoms with van der Waals surface area (Å²) < 4.78 is 5.33. The lowest BCUT2D eigenvalue weighted by molar-refractivity contribution is 0.0633. The Balaban J connectivity index is 1.58. The molecule has 0 bridgehead atoms. The third-order valence-electron chi connectivity index (χ3n) is 5.01. The minimum Gasteiger partial charge on any atom is -0.496 e. The van der Waals surface area contributed by atoms with Gasteiger partial charge in [-0.2, -0.15) is 0 Å². The molecule has 2 aromatic rings. The molecule has 25 heavy (non-hydrogen) atoms. The van der Waals surface area contributed by atoms with E-state index in [1.54, 1.807) is 7.11 Å². The predicted octanol–water partition coefficient (Wildman–Crippen LogP) is 3.43. The van der Waals surface area contributed by atoms with E-state index in [0.29, 0.717) is 11.3 Å². The van der Waals surface area contributed by atoms with Crippen LogP contribution < -0.4 is 4.74 Å². The van der Waals surface area contributed by atoms with E-state index in [1.807, 2.05) is 42.3 Å². The highest BCUT2D eigenvalue weighted by Gasteiger charge is 2.27. The van der Waals surface area contributed by atoms with Crippen molar-refractivity contribution in [1.29, 1.82) is 0 Å². The molecule has 1 fully saturated rings. The van der Waals surface area contributed by atoms with Gasteiger partial charge >= 0.3 is 0 Å². The maximum absolute atomic E-state index is 12.8. The number of para-hydroxylation sites is 1. The van der Waals surface area contributed by atoms with E-state index in [1.165, 1.54) is 5.56 Å². The lowest BCUT2D eigenvalue weighted by Gasteiger charge is -2.37.